The third-order valence-electron chi connectivity index (χ3n) is 4.85. The minimum Gasteiger partial charge on any atom is -0.462 e. The lowest BCUT2D eigenvalue weighted by Gasteiger charge is -2.31. The van der Waals surface area contributed by atoms with E-state index in [0.29, 0.717) is 23.4 Å². The number of rotatable bonds is 6. The molecule has 0 radical (unpaired) electrons. The third-order valence-corrected chi connectivity index (χ3v) is 4.85. The van der Waals surface area contributed by atoms with Gasteiger partial charge in [-0.25, -0.2) is 14.8 Å². The number of nitrogens with one attached hydrogen (secondary N) is 2. The highest BCUT2D eigenvalue weighted by Crippen LogP contribution is 2.20. The van der Waals surface area contributed by atoms with Gasteiger partial charge in [0.2, 0.25) is 11.7 Å². The van der Waals surface area contributed by atoms with Crippen LogP contribution in [-0.2, 0) is 4.74 Å². The van der Waals surface area contributed by atoms with E-state index in [4.69, 9.17) is 4.74 Å². The molecule has 1 aliphatic rings. The number of carbonyl (C=O) groups is 2. The molecule has 3 heterocycles. The van der Waals surface area contributed by atoms with E-state index in [-0.39, 0.29) is 12.4 Å². The molecule has 2 N–H and O–H groups in total. The highest BCUT2D eigenvalue weighted by molar-refractivity contribution is 6.08. The molecule has 0 unspecified atom stereocenters. The number of Topliss-reactive ketones (excluding diaryl/α,β-unsaturated/α-hetero) is 1. The second-order valence-corrected chi connectivity index (χ2v) is 6.73. The van der Waals surface area contributed by atoms with E-state index in [9.17, 15) is 9.59 Å². The van der Waals surface area contributed by atoms with Gasteiger partial charge in [-0.05, 0) is 26.8 Å². The second kappa shape index (κ2) is 8.30. The van der Waals surface area contributed by atoms with Crippen LogP contribution in [0.4, 0.5) is 5.95 Å². The van der Waals surface area contributed by atoms with Gasteiger partial charge in [-0.1, -0.05) is 0 Å². The smallest absolute Gasteiger partial charge is 0.340 e. The first-order chi connectivity index (χ1) is 13.0. The summed E-state index contributed by atoms with van der Waals surface area (Å²) in [6.45, 7) is 9.24. The van der Waals surface area contributed by atoms with E-state index in [2.05, 4.69) is 19.9 Å². The number of hydrogen-bond donors (Lipinski definition) is 2. The zero-order chi connectivity index (χ0) is 19.4. The molecule has 0 saturated carbocycles. The maximum atomic E-state index is 12.9. The van der Waals surface area contributed by atoms with Gasteiger partial charge < -0.3 is 19.5 Å². The highest BCUT2D eigenvalue weighted by atomic mass is 16.5. The van der Waals surface area contributed by atoms with Crippen molar-refractivity contribution in [2.45, 2.75) is 20.8 Å². The Labute approximate surface area is 158 Å². The van der Waals surface area contributed by atoms with Gasteiger partial charge in [0.1, 0.15) is 6.54 Å². The normalized spacial score (nSPS) is 15.0. The quantitative estimate of drug-likeness (QED) is 0.555. The van der Waals surface area contributed by atoms with Crippen LogP contribution in [-0.4, -0.2) is 66.0 Å². The Hall–Kier alpha value is -2.74. The molecule has 0 amide bonds. The Morgan fingerprint density at radius 2 is 1.78 bits per heavy atom. The van der Waals surface area contributed by atoms with Crippen molar-refractivity contribution in [2.75, 3.05) is 44.2 Å². The molecule has 1 fully saturated rings. The molecule has 0 atom stereocenters. The molecule has 2 aromatic heterocycles. The molecule has 3 rings (SSSR count). The fourth-order valence-corrected chi connectivity index (χ4v) is 3.56. The van der Waals surface area contributed by atoms with Gasteiger partial charge in [0, 0.05) is 23.8 Å². The number of ether oxygens (including phenoxy) is 1. The lowest BCUT2D eigenvalue weighted by atomic mass is 10.0. The third kappa shape index (κ3) is 4.16. The first kappa shape index (κ1) is 19.0. The summed E-state index contributed by atoms with van der Waals surface area (Å²) in [4.78, 5) is 40.2. The Morgan fingerprint density at radius 1 is 1.15 bits per heavy atom. The maximum absolute atomic E-state index is 12.9. The van der Waals surface area contributed by atoms with Crippen molar-refractivity contribution >= 4 is 17.7 Å². The number of hydrogen-bond acceptors (Lipinski definition) is 6. The summed E-state index contributed by atoms with van der Waals surface area (Å²) in [5.74, 6) is 0.257. The minimum atomic E-state index is -0.441. The largest absolute Gasteiger partial charge is 0.462 e. The summed E-state index contributed by atoms with van der Waals surface area (Å²) in [5.41, 5.74) is 2.23. The number of nitrogens with zero attached hydrogens (tertiary/aromatic N) is 3. The van der Waals surface area contributed by atoms with Crippen LogP contribution in [0.3, 0.4) is 0 Å². The summed E-state index contributed by atoms with van der Waals surface area (Å²) in [5, 5.41) is 0. The van der Waals surface area contributed by atoms with E-state index < -0.39 is 5.97 Å². The van der Waals surface area contributed by atoms with Crippen molar-refractivity contribution in [3.63, 3.8) is 0 Å². The molecule has 0 aliphatic carbocycles. The minimum absolute atomic E-state index is 0.0284. The number of esters is 1. The van der Waals surface area contributed by atoms with Crippen molar-refractivity contribution in [3.05, 3.63) is 41.0 Å². The fourth-order valence-electron chi connectivity index (χ4n) is 3.56. The van der Waals surface area contributed by atoms with Crippen LogP contribution in [0.2, 0.25) is 0 Å². The van der Waals surface area contributed by atoms with Crippen molar-refractivity contribution in [3.8, 4) is 0 Å². The van der Waals surface area contributed by atoms with Crippen LogP contribution < -0.4 is 9.80 Å². The summed E-state index contributed by atoms with van der Waals surface area (Å²) < 4.78 is 5.13. The molecular formula is C19H26N5O3+. The average molecular weight is 372 g/mol. The van der Waals surface area contributed by atoms with Crippen molar-refractivity contribution in [2.24, 2.45) is 0 Å². The first-order valence-corrected chi connectivity index (χ1v) is 9.26. The van der Waals surface area contributed by atoms with Crippen molar-refractivity contribution in [1.29, 1.82) is 0 Å². The topological polar surface area (TPSA) is 92.6 Å². The summed E-state index contributed by atoms with van der Waals surface area (Å²) in [6.07, 6.45) is 3.47. The van der Waals surface area contributed by atoms with Crippen LogP contribution in [0.25, 0.3) is 0 Å². The highest BCUT2D eigenvalue weighted by Gasteiger charge is 2.29. The van der Waals surface area contributed by atoms with Crippen molar-refractivity contribution in [1.82, 2.24) is 15.0 Å². The molecule has 1 saturated heterocycles. The number of aromatic amines is 1. The van der Waals surface area contributed by atoms with Crippen LogP contribution in [0.1, 0.15) is 39.0 Å². The van der Waals surface area contributed by atoms with E-state index in [1.54, 1.807) is 32.3 Å². The number of quaternary nitrogens is 1. The number of aryl methyl sites for hydroxylation is 2. The zero-order valence-electron chi connectivity index (χ0n) is 16.0. The van der Waals surface area contributed by atoms with Gasteiger partial charge in [-0.3, -0.25) is 4.79 Å². The first-order valence-electron chi connectivity index (χ1n) is 9.26. The van der Waals surface area contributed by atoms with Gasteiger partial charge in [-0.2, -0.15) is 0 Å². The monoisotopic (exact) mass is 372 g/mol. The molecule has 0 spiro atoms. The molecular weight excluding hydrogens is 346 g/mol. The van der Waals surface area contributed by atoms with Crippen LogP contribution in [0.5, 0.6) is 0 Å². The number of H-pyrrole nitrogens is 1. The molecule has 8 nitrogen and oxygen atoms in total. The Kier molecular flexibility index (Phi) is 5.85. The van der Waals surface area contributed by atoms with Gasteiger partial charge >= 0.3 is 5.97 Å². The maximum Gasteiger partial charge on any atom is 0.340 e. The van der Waals surface area contributed by atoms with Gasteiger partial charge in [0.25, 0.3) is 0 Å². The van der Waals surface area contributed by atoms with Crippen LogP contribution in [0, 0.1) is 13.8 Å². The van der Waals surface area contributed by atoms with Crippen LogP contribution >= 0.6 is 0 Å². The van der Waals surface area contributed by atoms with E-state index in [1.165, 1.54) is 4.90 Å². The number of piperazine rings is 1. The lowest BCUT2D eigenvalue weighted by Crippen LogP contribution is -3.15. The molecule has 8 heteroatoms. The molecule has 0 bridgehead atoms. The number of anilines is 1. The number of aromatic nitrogens is 3. The zero-order valence-corrected chi connectivity index (χ0v) is 16.0. The molecule has 2 aromatic rings. The summed E-state index contributed by atoms with van der Waals surface area (Å²) in [7, 11) is 0. The van der Waals surface area contributed by atoms with E-state index in [1.807, 2.05) is 6.92 Å². The van der Waals surface area contributed by atoms with Gasteiger partial charge in [-0.15, -0.1) is 0 Å². The second-order valence-electron chi connectivity index (χ2n) is 6.73. The summed E-state index contributed by atoms with van der Waals surface area (Å²) >= 11 is 0. The van der Waals surface area contributed by atoms with Gasteiger partial charge in [0.15, 0.2) is 0 Å². The molecule has 144 valence electrons. The Bertz CT molecular complexity index is 810. The molecule has 0 aromatic carbocycles. The van der Waals surface area contributed by atoms with E-state index >= 15 is 0 Å². The Morgan fingerprint density at radius 3 is 2.41 bits per heavy atom. The van der Waals surface area contributed by atoms with E-state index in [0.717, 1.165) is 37.8 Å². The van der Waals surface area contributed by atoms with Gasteiger partial charge in [0.05, 0.1) is 43.9 Å². The standard InChI is InChI=1S/C19H25N5O3/c1-4-27-18(26)17-14(3)22-13(2)16(17)15(25)12-23-8-10-24(11-9-23)19-20-6-5-7-21-19/h5-7,22H,4,8-12H2,1-3H3/p+1. The summed E-state index contributed by atoms with van der Waals surface area (Å²) in [6, 6.07) is 1.80. The fraction of sp³-hybridized carbons (Fsp3) is 0.474. The molecule has 27 heavy (non-hydrogen) atoms. The predicted octanol–water partition coefficient (Wildman–Crippen LogP) is 0.186. The molecule has 1 aliphatic heterocycles. The van der Waals surface area contributed by atoms with Crippen LogP contribution in [0.15, 0.2) is 18.5 Å². The predicted molar refractivity (Wildman–Crippen MR) is 100 cm³/mol. The number of carbonyl (C=O) groups excluding carboxylic acids is 2. The van der Waals surface area contributed by atoms with Crippen molar-refractivity contribution < 1.29 is 19.2 Å². The SMILES string of the molecule is CCOC(=O)c1c(C)[nH]c(C)c1C(=O)C[NH+]1CCN(c2ncccn2)CC1. The Balaban J connectivity index is 1.66. The number of ketones is 1. The average Bonchev–Trinajstić information content (AvgIpc) is 2.97. The lowest BCUT2D eigenvalue weighted by molar-refractivity contribution is -0.892.